The van der Waals surface area contributed by atoms with Crippen LogP contribution in [0.25, 0.3) is 10.2 Å². The number of hydrogen-bond donors (Lipinski definition) is 0. The maximum Gasteiger partial charge on any atom is 0.262 e. The molecule has 6 heteroatoms. The third-order valence-electron chi connectivity index (χ3n) is 5.22. The molecule has 1 aliphatic heterocycles. The van der Waals surface area contributed by atoms with E-state index in [0.717, 1.165) is 49.0 Å². The lowest BCUT2D eigenvalue weighted by atomic mass is 9.92. The molecule has 0 unspecified atom stereocenters. The van der Waals surface area contributed by atoms with Crippen molar-refractivity contribution in [2.75, 3.05) is 13.1 Å². The van der Waals surface area contributed by atoms with Crippen molar-refractivity contribution in [1.82, 2.24) is 14.5 Å². The van der Waals surface area contributed by atoms with Gasteiger partial charge < -0.3 is 4.90 Å². The smallest absolute Gasteiger partial charge is 0.262 e. The summed E-state index contributed by atoms with van der Waals surface area (Å²) in [6, 6.07) is 0. The number of amides is 1. The summed E-state index contributed by atoms with van der Waals surface area (Å²) in [6.45, 7) is 6.06. The van der Waals surface area contributed by atoms with Crippen LogP contribution >= 0.6 is 11.3 Å². The Kier molecular flexibility index (Phi) is 3.95. The SMILES string of the molecule is C[C@@H]1C[C@H](C)CN(C(=O)Cn2cnc3sc4c(c3c2=O)CCC4)C1. The van der Waals surface area contributed by atoms with Gasteiger partial charge in [0.05, 0.1) is 11.7 Å². The van der Waals surface area contributed by atoms with E-state index in [0.29, 0.717) is 11.8 Å². The average molecular weight is 345 g/mol. The highest BCUT2D eigenvalue weighted by Gasteiger charge is 2.26. The maximum atomic E-state index is 12.9. The number of carbonyl (C=O) groups excluding carboxylic acids is 1. The molecule has 0 aromatic carbocycles. The minimum atomic E-state index is -0.0501. The first-order valence-corrected chi connectivity index (χ1v) is 9.62. The summed E-state index contributed by atoms with van der Waals surface area (Å²) in [5.74, 6) is 1.08. The first-order chi connectivity index (χ1) is 11.5. The molecule has 128 valence electrons. The van der Waals surface area contributed by atoms with Gasteiger partial charge in [-0.05, 0) is 43.1 Å². The highest BCUT2D eigenvalue weighted by Crippen LogP contribution is 2.34. The van der Waals surface area contributed by atoms with Gasteiger partial charge in [0.25, 0.3) is 5.56 Å². The van der Waals surface area contributed by atoms with Crippen LogP contribution in [0.1, 0.15) is 37.1 Å². The lowest BCUT2D eigenvalue weighted by Gasteiger charge is -2.35. The zero-order chi connectivity index (χ0) is 16.8. The van der Waals surface area contributed by atoms with E-state index < -0.39 is 0 Å². The second-order valence-corrected chi connectivity index (χ2v) is 8.54. The molecule has 2 aromatic rings. The second kappa shape index (κ2) is 5.99. The molecule has 3 heterocycles. The number of thiophene rings is 1. The highest BCUT2D eigenvalue weighted by atomic mass is 32.1. The van der Waals surface area contributed by atoms with Crippen molar-refractivity contribution in [3.63, 3.8) is 0 Å². The molecule has 1 amide bonds. The predicted octanol–water partition coefficient (Wildman–Crippen LogP) is 2.45. The van der Waals surface area contributed by atoms with Gasteiger partial charge in [-0.2, -0.15) is 0 Å². The third-order valence-corrected chi connectivity index (χ3v) is 6.42. The molecular weight excluding hydrogens is 322 g/mol. The molecular formula is C18H23N3O2S. The lowest BCUT2D eigenvalue weighted by molar-refractivity contribution is -0.134. The molecule has 4 rings (SSSR count). The number of aryl methyl sites for hydroxylation is 2. The summed E-state index contributed by atoms with van der Waals surface area (Å²) in [4.78, 5) is 34.0. The summed E-state index contributed by atoms with van der Waals surface area (Å²) in [5, 5.41) is 0.753. The zero-order valence-electron chi connectivity index (χ0n) is 14.2. The van der Waals surface area contributed by atoms with Gasteiger partial charge in [-0.25, -0.2) is 4.98 Å². The molecule has 5 nitrogen and oxygen atoms in total. The van der Waals surface area contributed by atoms with Crippen LogP contribution < -0.4 is 5.56 Å². The van der Waals surface area contributed by atoms with Crippen LogP contribution in [0.2, 0.25) is 0 Å². The van der Waals surface area contributed by atoms with Crippen LogP contribution in [0.15, 0.2) is 11.1 Å². The number of aromatic nitrogens is 2. The normalized spacial score (nSPS) is 23.7. The Morgan fingerprint density at radius 3 is 2.79 bits per heavy atom. The van der Waals surface area contributed by atoms with E-state index in [-0.39, 0.29) is 18.0 Å². The summed E-state index contributed by atoms with van der Waals surface area (Å²) in [5.41, 5.74) is 1.13. The Morgan fingerprint density at radius 2 is 2.04 bits per heavy atom. The monoisotopic (exact) mass is 345 g/mol. The fraction of sp³-hybridized carbons (Fsp3) is 0.611. The standard InChI is InChI=1S/C18H23N3O2S/c1-11-6-12(2)8-20(7-11)15(22)9-21-10-19-17-16(18(21)23)13-4-3-5-14(13)24-17/h10-12H,3-9H2,1-2H3/t11-,12+. The molecule has 2 atom stereocenters. The Balaban J connectivity index is 1.62. The van der Waals surface area contributed by atoms with Crippen molar-refractivity contribution < 1.29 is 4.79 Å². The van der Waals surface area contributed by atoms with Crippen molar-refractivity contribution in [2.24, 2.45) is 11.8 Å². The summed E-state index contributed by atoms with van der Waals surface area (Å²) in [7, 11) is 0. The molecule has 2 aromatic heterocycles. The molecule has 1 aliphatic carbocycles. The Hall–Kier alpha value is -1.69. The quantitative estimate of drug-likeness (QED) is 0.840. The molecule has 0 N–H and O–H groups in total. The van der Waals surface area contributed by atoms with Crippen molar-refractivity contribution in [3.05, 3.63) is 27.1 Å². The van der Waals surface area contributed by atoms with Gasteiger partial charge >= 0.3 is 0 Å². The van der Waals surface area contributed by atoms with E-state index in [2.05, 4.69) is 18.8 Å². The number of likely N-dealkylation sites (tertiary alicyclic amines) is 1. The Bertz CT molecular complexity index is 844. The Morgan fingerprint density at radius 1 is 1.29 bits per heavy atom. The van der Waals surface area contributed by atoms with Crippen LogP contribution in [-0.4, -0.2) is 33.4 Å². The van der Waals surface area contributed by atoms with Crippen LogP contribution in [0.3, 0.4) is 0 Å². The minimum Gasteiger partial charge on any atom is -0.341 e. The fourth-order valence-electron chi connectivity index (χ4n) is 4.24. The van der Waals surface area contributed by atoms with Crippen LogP contribution in [0, 0.1) is 11.8 Å². The molecule has 0 saturated carbocycles. The summed E-state index contributed by atoms with van der Waals surface area (Å²) >= 11 is 1.64. The van der Waals surface area contributed by atoms with Crippen LogP contribution in [-0.2, 0) is 24.2 Å². The number of nitrogens with zero attached hydrogens (tertiary/aromatic N) is 3. The zero-order valence-corrected chi connectivity index (χ0v) is 15.1. The van der Waals surface area contributed by atoms with Gasteiger partial charge in [-0.15, -0.1) is 11.3 Å². The molecule has 0 spiro atoms. The molecule has 0 bridgehead atoms. The highest BCUT2D eigenvalue weighted by molar-refractivity contribution is 7.18. The van der Waals surface area contributed by atoms with Gasteiger partial charge in [0.1, 0.15) is 11.4 Å². The van der Waals surface area contributed by atoms with Crippen molar-refractivity contribution in [1.29, 1.82) is 0 Å². The van der Waals surface area contributed by atoms with Gasteiger partial charge in [0.2, 0.25) is 5.91 Å². The molecule has 2 aliphatic rings. The lowest BCUT2D eigenvalue weighted by Crippen LogP contribution is -2.44. The molecule has 1 fully saturated rings. The second-order valence-electron chi connectivity index (χ2n) is 7.46. The van der Waals surface area contributed by atoms with Gasteiger partial charge in [0, 0.05) is 18.0 Å². The minimum absolute atomic E-state index is 0.0310. The van der Waals surface area contributed by atoms with E-state index in [1.54, 1.807) is 17.7 Å². The number of rotatable bonds is 2. The van der Waals surface area contributed by atoms with Crippen LogP contribution in [0.5, 0.6) is 0 Å². The third kappa shape index (κ3) is 2.66. The number of carbonyl (C=O) groups is 1. The average Bonchev–Trinajstić information content (AvgIpc) is 3.09. The molecule has 24 heavy (non-hydrogen) atoms. The number of hydrogen-bond acceptors (Lipinski definition) is 4. The maximum absolute atomic E-state index is 12.9. The van der Waals surface area contributed by atoms with Gasteiger partial charge in [-0.3, -0.25) is 14.2 Å². The first-order valence-electron chi connectivity index (χ1n) is 8.80. The van der Waals surface area contributed by atoms with E-state index in [1.165, 1.54) is 15.0 Å². The summed E-state index contributed by atoms with van der Waals surface area (Å²) < 4.78 is 1.50. The largest absolute Gasteiger partial charge is 0.341 e. The number of fused-ring (bicyclic) bond motifs is 3. The van der Waals surface area contributed by atoms with Crippen LogP contribution in [0.4, 0.5) is 0 Å². The van der Waals surface area contributed by atoms with E-state index in [9.17, 15) is 9.59 Å². The van der Waals surface area contributed by atoms with Gasteiger partial charge in [0.15, 0.2) is 0 Å². The van der Waals surface area contributed by atoms with Crippen molar-refractivity contribution in [3.8, 4) is 0 Å². The predicted molar refractivity (Wildman–Crippen MR) is 95.4 cm³/mol. The molecule has 1 saturated heterocycles. The van der Waals surface area contributed by atoms with E-state index in [1.807, 2.05) is 4.90 Å². The van der Waals surface area contributed by atoms with E-state index >= 15 is 0 Å². The first kappa shape index (κ1) is 15.8. The number of piperidine rings is 1. The van der Waals surface area contributed by atoms with Gasteiger partial charge in [-0.1, -0.05) is 13.8 Å². The van der Waals surface area contributed by atoms with Crippen molar-refractivity contribution in [2.45, 2.75) is 46.1 Å². The molecule has 0 radical (unpaired) electrons. The summed E-state index contributed by atoms with van der Waals surface area (Å²) in [6.07, 6.45) is 5.85. The fourth-order valence-corrected chi connectivity index (χ4v) is 5.46. The Labute approximate surface area is 145 Å². The van der Waals surface area contributed by atoms with Crippen molar-refractivity contribution >= 4 is 27.5 Å². The van der Waals surface area contributed by atoms with E-state index in [4.69, 9.17) is 0 Å². The topological polar surface area (TPSA) is 55.2 Å².